The molecule has 0 atom stereocenters. The van der Waals surface area contributed by atoms with E-state index in [-0.39, 0.29) is 6.10 Å². The summed E-state index contributed by atoms with van der Waals surface area (Å²) in [4.78, 5) is 4.51. The number of nitrogens with zero attached hydrogens (tertiary/aromatic N) is 1. The van der Waals surface area contributed by atoms with Gasteiger partial charge in [-0.25, -0.2) is 4.98 Å². The predicted octanol–water partition coefficient (Wildman–Crippen LogP) is 2.14. The quantitative estimate of drug-likeness (QED) is 0.869. The molecule has 18 heavy (non-hydrogen) atoms. The van der Waals surface area contributed by atoms with Crippen molar-refractivity contribution in [2.24, 2.45) is 0 Å². The van der Waals surface area contributed by atoms with Crippen LogP contribution in [-0.2, 0) is 11.3 Å². The second-order valence-electron chi connectivity index (χ2n) is 4.93. The summed E-state index contributed by atoms with van der Waals surface area (Å²) in [6.07, 6.45) is 2.16. The number of hydrogen-bond acceptors (Lipinski definition) is 4. The summed E-state index contributed by atoms with van der Waals surface area (Å²) in [5.41, 5.74) is 1.02. The molecule has 1 N–H and O–H groups in total. The lowest BCUT2D eigenvalue weighted by molar-refractivity contribution is 0.0236. The maximum atomic E-state index is 5.88. The topological polar surface area (TPSA) is 43.4 Å². The van der Waals surface area contributed by atoms with Gasteiger partial charge in [-0.2, -0.15) is 0 Å². The fourth-order valence-corrected chi connectivity index (χ4v) is 1.89. The fourth-order valence-electron chi connectivity index (χ4n) is 1.89. The highest BCUT2D eigenvalue weighted by atomic mass is 16.5. The molecule has 1 fully saturated rings. The molecule has 0 saturated carbocycles. The van der Waals surface area contributed by atoms with Gasteiger partial charge in [-0.15, -0.1) is 0 Å². The average Bonchev–Trinajstić information content (AvgIpc) is 2.38. The molecule has 1 aromatic heterocycles. The van der Waals surface area contributed by atoms with Gasteiger partial charge in [0.2, 0.25) is 5.88 Å². The lowest BCUT2D eigenvalue weighted by Gasteiger charge is -2.22. The summed E-state index contributed by atoms with van der Waals surface area (Å²) < 4.78 is 11.2. The molecule has 1 saturated heterocycles. The first-order valence-electron chi connectivity index (χ1n) is 6.68. The molecule has 0 aromatic carbocycles. The van der Waals surface area contributed by atoms with E-state index in [2.05, 4.69) is 24.1 Å². The van der Waals surface area contributed by atoms with Crippen LogP contribution in [0.1, 0.15) is 32.4 Å². The zero-order valence-electron chi connectivity index (χ0n) is 11.2. The molecule has 0 radical (unpaired) electrons. The normalized spacial score (nSPS) is 17.1. The van der Waals surface area contributed by atoms with Gasteiger partial charge in [0.1, 0.15) is 6.10 Å². The molecule has 100 valence electrons. The van der Waals surface area contributed by atoms with Crippen molar-refractivity contribution < 1.29 is 9.47 Å². The van der Waals surface area contributed by atoms with E-state index >= 15 is 0 Å². The summed E-state index contributed by atoms with van der Waals surface area (Å²) in [5, 5.41) is 3.35. The van der Waals surface area contributed by atoms with Crippen LogP contribution in [0.2, 0.25) is 0 Å². The minimum atomic E-state index is 0.250. The summed E-state index contributed by atoms with van der Waals surface area (Å²) >= 11 is 0. The Kier molecular flexibility index (Phi) is 4.96. The van der Waals surface area contributed by atoms with Crippen LogP contribution < -0.4 is 10.1 Å². The molecule has 1 aliphatic heterocycles. The van der Waals surface area contributed by atoms with Crippen molar-refractivity contribution in [1.82, 2.24) is 10.3 Å². The molecule has 4 nitrogen and oxygen atoms in total. The van der Waals surface area contributed by atoms with Crippen LogP contribution in [0.3, 0.4) is 0 Å². The third-order valence-electron chi connectivity index (χ3n) is 2.93. The second kappa shape index (κ2) is 6.71. The monoisotopic (exact) mass is 250 g/mol. The van der Waals surface area contributed by atoms with E-state index in [1.165, 1.54) is 0 Å². The van der Waals surface area contributed by atoms with Gasteiger partial charge in [0.15, 0.2) is 0 Å². The first-order chi connectivity index (χ1) is 8.74. The lowest BCUT2D eigenvalue weighted by atomic mass is 10.1. The van der Waals surface area contributed by atoms with Gasteiger partial charge in [0, 0.05) is 31.5 Å². The Bertz CT molecular complexity index is 363. The molecular formula is C14H22N2O2. The van der Waals surface area contributed by atoms with Gasteiger partial charge in [0.05, 0.1) is 18.9 Å². The number of rotatable bonds is 5. The highest BCUT2D eigenvalue weighted by molar-refractivity contribution is 5.16. The van der Waals surface area contributed by atoms with E-state index in [1.807, 2.05) is 18.2 Å². The summed E-state index contributed by atoms with van der Waals surface area (Å²) in [6, 6.07) is 6.41. The standard InChI is InChI=1S/C14H22N2O2/c1-11(2)15-10-12-4-3-5-14(16-12)18-13-6-8-17-9-7-13/h3-5,11,13,15H,6-10H2,1-2H3. The van der Waals surface area contributed by atoms with E-state index in [4.69, 9.17) is 9.47 Å². The third-order valence-corrected chi connectivity index (χ3v) is 2.93. The molecule has 0 amide bonds. The molecular weight excluding hydrogens is 228 g/mol. The number of nitrogens with one attached hydrogen (secondary N) is 1. The summed E-state index contributed by atoms with van der Waals surface area (Å²) in [6.45, 7) is 6.62. The summed E-state index contributed by atoms with van der Waals surface area (Å²) in [7, 11) is 0. The number of hydrogen-bond donors (Lipinski definition) is 1. The van der Waals surface area contributed by atoms with Crippen molar-refractivity contribution in [3.8, 4) is 5.88 Å². The third kappa shape index (κ3) is 4.27. The first kappa shape index (κ1) is 13.3. The van der Waals surface area contributed by atoms with Crippen molar-refractivity contribution in [2.45, 2.75) is 45.4 Å². The Balaban J connectivity index is 1.89. The number of pyridine rings is 1. The molecule has 0 aliphatic carbocycles. The van der Waals surface area contributed by atoms with Crippen molar-refractivity contribution in [2.75, 3.05) is 13.2 Å². The van der Waals surface area contributed by atoms with Crippen LogP contribution >= 0.6 is 0 Å². The van der Waals surface area contributed by atoms with Crippen molar-refractivity contribution >= 4 is 0 Å². The van der Waals surface area contributed by atoms with Crippen LogP contribution in [0.5, 0.6) is 5.88 Å². The largest absolute Gasteiger partial charge is 0.474 e. The van der Waals surface area contributed by atoms with Crippen molar-refractivity contribution in [1.29, 1.82) is 0 Å². The van der Waals surface area contributed by atoms with E-state index in [1.54, 1.807) is 0 Å². The predicted molar refractivity (Wildman–Crippen MR) is 70.7 cm³/mol. The molecule has 1 aliphatic rings. The smallest absolute Gasteiger partial charge is 0.213 e. The van der Waals surface area contributed by atoms with E-state index in [0.717, 1.165) is 44.2 Å². The molecule has 2 heterocycles. The maximum Gasteiger partial charge on any atom is 0.213 e. The number of ether oxygens (including phenoxy) is 2. The van der Waals surface area contributed by atoms with Crippen LogP contribution in [0, 0.1) is 0 Å². The minimum absolute atomic E-state index is 0.250. The fraction of sp³-hybridized carbons (Fsp3) is 0.643. The van der Waals surface area contributed by atoms with Gasteiger partial charge in [-0.05, 0) is 6.07 Å². The first-order valence-corrected chi connectivity index (χ1v) is 6.68. The molecule has 0 spiro atoms. The van der Waals surface area contributed by atoms with Crippen molar-refractivity contribution in [3.63, 3.8) is 0 Å². The highest BCUT2D eigenvalue weighted by Crippen LogP contribution is 2.16. The minimum Gasteiger partial charge on any atom is -0.474 e. The Morgan fingerprint density at radius 2 is 2.17 bits per heavy atom. The van der Waals surface area contributed by atoms with Gasteiger partial charge < -0.3 is 14.8 Å². The van der Waals surface area contributed by atoms with Crippen LogP contribution in [0.25, 0.3) is 0 Å². The average molecular weight is 250 g/mol. The van der Waals surface area contributed by atoms with E-state index in [9.17, 15) is 0 Å². The molecule has 2 rings (SSSR count). The zero-order valence-corrected chi connectivity index (χ0v) is 11.2. The zero-order chi connectivity index (χ0) is 12.8. The Morgan fingerprint density at radius 1 is 1.39 bits per heavy atom. The molecule has 0 bridgehead atoms. The van der Waals surface area contributed by atoms with Crippen LogP contribution in [0.15, 0.2) is 18.2 Å². The lowest BCUT2D eigenvalue weighted by Crippen LogP contribution is -2.26. The Hall–Kier alpha value is -1.13. The Morgan fingerprint density at radius 3 is 2.89 bits per heavy atom. The SMILES string of the molecule is CC(C)NCc1cccc(OC2CCOCC2)n1. The van der Waals surface area contributed by atoms with Gasteiger partial charge >= 0.3 is 0 Å². The van der Waals surface area contributed by atoms with Crippen LogP contribution in [0.4, 0.5) is 0 Å². The van der Waals surface area contributed by atoms with E-state index < -0.39 is 0 Å². The maximum absolute atomic E-state index is 5.88. The Labute approximate surface area is 109 Å². The highest BCUT2D eigenvalue weighted by Gasteiger charge is 2.15. The van der Waals surface area contributed by atoms with Crippen LogP contribution in [-0.4, -0.2) is 30.3 Å². The summed E-state index contributed by atoms with van der Waals surface area (Å²) in [5.74, 6) is 0.727. The molecule has 1 aromatic rings. The van der Waals surface area contributed by atoms with Gasteiger partial charge in [0.25, 0.3) is 0 Å². The van der Waals surface area contributed by atoms with Gasteiger partial charge in [-0.3, -0.25) is 0 Å². The number of aromatic nitrogens is 1. The van der Waals surface area contributed by atoms with Gasteiger partial charge in [-0.1, -0.05) is 19.9 Å². The second-order valence-corrected chi connectivity index (χ2v) is 4.93. The molecule has 0 unspecified atom stereocenters. The van der Waals surface area contributed by atoms with Crippen molar-refractivity contribution in [3.05, 3.63) is 23.9 Å². The molecule has 4 heteroatoms. The van der Waals surface area contributed by atoms with E-state index in [0.29, 0.717) is 6.04 Å².